The number of nitrogens with zero attached hydrogens (tertiary/aromatic N) is 2. The number of hydrogen-bond acceptors (Lipinski definition) is 3. The molecule has 0 amide bonds. The minimum atomic E-state index is -2.86. The highest BCUT2D eigenvalue weighted by Crippen LogP contribution is 1.97. The molecule has 0 atom stereocenters. The lowest BCUT2D eigenvalue weighted by molar-refractivity contribution is 0.589. The highest BCUT2D eigenvalue weighted by Gasteiger charge is 2.07. The van der Waals surface area contributed by atoms with Crippen molar-refractivity contribution in [1.29, 1.82) is 0 Å². The summed E-state index contributed by atoms with van der Waals surface area (Å²) in [5.74, 6) is 1.26. The van der Waals surface area contributed by atoms with E-state index in [9.17, 15) is 8.42 Å². The lowest BCUT2D eigenvalue weighted by Crippen LogP contribution is -2.14. The van der Waals surface area contributed by atoms with Crippen LogP contribution in [0.4, 0.5) is 0 Å². The first-order chi connectivity index (χ1) is 6.05. The average Bonchev–Trinajstić information content (AvgIpc) is 2.48. The molecule has 5 heteroatoms. The molecule has 1 aromatic heterocycles. The Morgan fingerprint density at radius 3 is 2.69 bits per heavy atom. The van der Waals surface area contributed by atoms with Crippen LogP contribution in [0.2, 0.25) is 0 Å². The molecule has 1 rings (SSSR count). The van der Waals surface area contributed by atoms with E-state index in [4.69, 9.17) is 0 Å². The fourth-order valence-corrected chi connectivity index (χ4v) is 1.79. The Bertz CT molecular complexity index is 367. The third kappa shape index (κ3) is 2.84. The molecule has 4 nitrogen and oxygen atoms in total. The van der Waals surface area contributed by atoms with Crippen LogP contribution in [-0.2, 0) is 16.4 Å². The molecular formula is C8H14N2O2S. The Morgan fingerprint density at radius 2 is 2.23 bits per heavy atom. The molecule has 0 saturated heterocycles. The monoisotopic (exact) mass is 202 g/mol. The number of hydrogen-bond donors (Lipinski definition) is 0. The summed E-state index contributed by atoms with van der Waals surface area (Å²) in [7, 11) is -2.86. The van der Waals surface area contributed by atoms with Gasteiger partial charge in [0, 0.05) is 24.7 Å². The zero-order valence-corrected chi connectivity index (χ0v) is 8.71. The second kappa shape index (κ2) is 3.91. The van der Waals surface area contributed by atoms with Gasteiger partial charge in [0.05, 0.1) is 5.75 Å². The van der Waals surface area contributed by atoms with Crippen LogP contribution < -0.4 is 0 Å². The van der Waals surface area contributed by atoms with Crippen LogP contribution in [0.1, 0.15) is 12.7 Å². The van der Waals surface area contributed by atoms with Gasteiger partial charge in [-0.3, -0.25) is 0 Å². The van der Waals surface area contributed by atoms with Crippen LogP contribution in [0.3, 0.4) is 0 Å². The molecule has 74 valence electrons. The van der Waals surface area contributed by atoms with E-state index >= 15 is 0 Å². The molecule has 0 N–H and O–H groups in total. The van der Waals surface area contributed by atoms with Gasteiger partial charge < -0.3 is 4.57 Å². The summed E-state index contributed by atoms with van der Waals surface area (Å²) in [6, 6.07) is 0. The number of imidazole rings is 1. The minimum Gasteiger partial charge on any atom is -0.334 e. The number of rotatable bonds is 4. The minimum absolute atomic E-state index is 0.195. The Morgan fingerprint density at radius 1 is 1.54 bits per heavy atom. The van der Waals surface area contributed by atoms with Crippen LogP contribution in [0.15, 0.2) is 12.4 Å². The fourth-order valence-electron chi connectivity index (χ4n) is 1.02. The van der Waals surface area contributed by atoms with E-state index in [2.05, 4.69) is 4.98 Å². The maximum Gasteiger partial charge on any atom is 0.151 e. The van der Waals surface area contributed by atoms with Crippen LogP contribution in [0.25, 0.3) is 0 Å². The fraction of sp³-hybridized carbons (Fsp3) is 0.625. The summed E-state index contributed by atoms with van der Waals surface area (Å²) in [5.41, 5.74) is 0. The Kier molecular flexibility index (Phi) is 3.08. The van der Waals surface area contributed by atoms with Gasteiger partial charge >= 0.3 is 0 Å². The van der Waals surface area contributed by atoms with Crippen LogP contribution in [0, 0.1) is 6.92 Å². The van der Waals surface area contributed by atoms with Gasteiger partial charge in [-0.1, -0.05) is 6.92 Å². The van der Waals surface area contributed by atoms with Crippen molar-refractivity contribution in [3.8, 4) is 0 Å². The predicted octanol–water partition coefficient (Wildman–Crippen LogP) is 0.626. The molecule has 0 aliphatic rings. The van der Waals surface area contributed by atoms with E-state index in [1.165, 1.54) is 0 Å². The highest BCUT2D eigenvalue weighted by molar-refractivity contribution is 7.91. The first-order valence-corrected chi connectivity index (χ1v) is 6.05. The number of aryl methyl sites for hydroxylation is 2. The smallest absolute Gasteiger partial charge is 0.151 e. The SMILES string of the molecule is CCS(=O)(=O)CCn1ccnc1C. The van der Waals surface area contributed by atoms with Crippen molar-refractivity contribution < 1.29 is 8.42 Å². The van der Waals surface area contributed by atoms with Gasteiger partial charge in [0.25, 0.3) is 0 Å². The van der Waals surface area contributed by atoms with Crippen molar-refractivity contribution in [2.24, 2.45) is 0 Å². The van der Waals surface area contributed by atoms with Crippen LogP contribution in [0.5, 0.6) is 0 Å². The molecule has 0 saturated carbocycles. The second-order valence-electron chi connectivity index (χ2n) is 2.90. The van der Waals surface area contributed by atoms with Crippen molar-refractivity contribution in [1.82, 2.24) is 9.55 Å². The molecule has 1 aromatic rings. The number of sulfone groups is 1. The average molecular weight is 202 g/mol. The van der Waals surface area contributed by atoms with E-state index in [0.29, 0.717) is 6.54 Å². The van der Waals surface area contributed by atoms with Gasteiger partial charge in [-0.2, -0.15) is 0 Å². The van der Waals surface area contributed by atoms with Gasteiger partial charge in [-0.05, 0) is 6.92 Å². The summed E-state index contributed by atoms with van der Waals surface area (Å²) >= 11 is 0. The first-order valence-electron chi connectivity index (χ1n) is 4.23. The maximum atomic E-state index is 11.2. The summed E-state index contributed by atoms with van der Waals surface area (Å²) < 4.78 is 24.2. The summed E-state index contributed by atoms with van der Waals surface area (Å²) in [6.07, 6.45) is 3.47. The summed E-state index contributed by atoms with van der Waals surface area (Å²) in [6.45, 7) is 4.02. The second-order valence-corrected chi connectivity index (χ2v) is 5.38. The van der Waals surface area contributed by atoms with Crippen molar-refractivity contribution in [3.05, 3.63) is 18.2 Å². The lowest BCUT2D eigenvalue weighted by Gasteiger charge is -2.04. The maximum absolute atomic E-state index is 11.2. The summed E-state index contributed by atoms with van der Waals surface area (Å²) in [5, 5.41) is 0. The van der Waals surface area contributed by atoms with E-state index in [1.54, 1.807) is 19.3 Å². The molecule has 0 fully saturated rings. The summed E-state index contributed by atoms with van der Waals surface area (Å²) in [4.78, 5) is 4.01. The highest BCUT2D eigenvalue weighted by atomic mass is 32.2. The predicted molar refractivity (Wildman–Crippen MR) is 51.3 cm³/mol. The molecule has 13 heavy (non-hydrogen) atoms. The molecule has 0 aliphatic heterocycles. The van der Waals surface area contributed by atoms with E-state index in [-0.39, 0.29) is 11.5 Å². The van der Waals surface area contributed by atoms with E-state index in [1.807, 2.05) is 11.5 Å². The van der Waals surface area contributed by atoms with E-state index in [0.717, 1.165) is 5.82 Å². The molecule has 0 aromatic carbocycles. The Labute approximate surface area is 78.5 Å². The van der Waals surface area contributed by atoms with Gasteiger partial charge in [0.1, 0.15) is 5.82 Å². The molecule has 0 unspecified atom stereocenters. The van der Waals surface area contributed by atoms with Gasteiger partial charge in [0.15, 0.2) is 9.84 Å². The van der Waals surface area contributed by atoms with Crippen molar-refractivity contribution in [2.75, 3.05) is 11.5 Å². The Hall–Kier alpha value is -0.840. The van der Waals surface area contributed by atoms with Crippen LogP contribution >= 0.6 is 0 Å². The molecular weight excluding hydrogens is 188 g/mol. The normalized spacial score (nSPS) is 11.8. The third-order valence-electron chi connectivity index (χ3n) is 2.01. The number of aromatic nitrogens is 2. The lowest BCUT2D eigenvalue weighted by atomic mass is 10.6. The zero-order chi connectivity index (χ0) is 9.90. The molecule has 1 heterocycles. The molecule has 0 spiro atoms. The topological polar surface area (TPSA) is 52.0 Å². The molecule has 0 aliphatic carbocycles. The Balaban J connectivity index is 2.58. The molecule has 0 radical (unpaired) electrons. The van der Waals surface area contributed by atoms with E-state index < -0.39 is 9.84 Å². The van der Waals surface area contributed by atoms with Crippen molar-refractivity contribution in [3.63, 3.8) is 0 Å². The quantitative estimate of drug-likeness (QED) is 0.719. The first kappa shape index (κ1) is 10.2. The standard InChI is InChI=1S/C8H14N2O2S/c1-3-13(11,12)7-6-10-5-4-9-8(10)2/h4-5H,3,6-7H2,1-2H3. The van der Waals surface area contributed by atoms with Gasteiger partial charge in [-0.15, -0.1) is 0 Å². The largest absolute Gasteiger partial charge is 0.334 e. The van der Waals surface area contributed by atoms with Crippen LogP contribution in [-0.4, -0.2) is 29.5 Å². The van der Waals surface area contributed by atoms with Crippen molar-refractivity contribution >= 4 is 9.84 Å². The van der Waals surface area contributed by atoms with Gasteiger partial charge in [0.2, 0.25) is 0 Å². The zero-order valence-electron chi connectivity index (χ0n) is 7.90. The van der Waals surface area contributed by atoms with Crippen molar-refractivity contribution in [2.45, 2.75) is 20.4 Å². The third-order valence-corrected chi connectivity index (χ3v) is 3.69. The molecule has 0 bridgehead atoms. The van der Waals surface area contributed by atoms with Gasteiger partial charge in [-0.25, -0.2) is 13.4 Å².